The molecule has 1 aromatic carbocycles. The number of rotatable bonds is 2. The molecule has 0 aliphatic carbocycles. The summed E-state index contributed by atoms with van der Waals surface area (Å²) in [4.78, 5) is 2.28. The number of likely N-dealkylation sites (tertiary alicyclic amines) is 1. The summed E-state index contributed by atoms with van der Waals surface area (Å²) in [7, 11) is 0. The van der Waals surface area contributed by atoms with Gasteiger partial charge < -0.3 is 0 Å². The zero-order valence-electron chi connectivity index (χ0n) is 8.22. The van der Waals surface area contributed by atoms with Crippen molar-refractivity contribution in [2.24, 2.45) is 0 Å². The molecule has 0 saturated carbocycles. The Kier molecular flexibility index (Phi) is 3.78. The summed E-state index contributed by atoms with van der Waals surface area (Å²) in [5, 5.41) is 1.74. The van der Waals surface area contributed by atoms with Gasteiger partial charge in [0, 0.05) is 34.1 Å². The minimum atomic E-state index is 0.270. The summed E-state index contributed by atoms with van der Waals surface area (Å²) >= 11 is 18.2. The fourth-order valence-electron chi connectivity index (χ4n) is 1.84. The molecule has 1 aliphatic rings. The van der Waals surface area contributed by atoms with E-state index in [0.717, 1.165) is 41.7 Å². The summed E-state index contributed by atoms with van der Waals surface area (Å²) in [5.74, 6) is 0. The molecule has 1 heterocycles. The van der Waals surface area contributed by atoms with Crippen molar-refractivity contribution >= 4 is 34.8 Å². The fourth-order valence-corrected chi connectivity index (χ4v) is 2.65. The lowest BCUT2D eigenvalue weighted by Gasteiger charge is -2.16. The highest BCUT2D eigenvalue weighted by atomic mass is 35.5. The lowest BCUT2D eigenvalue weighted by atomic mass is 10.2. The Bertz CT molecular complexity index is 333. The molecule has 1 aliphatic heterocycles. The predicted octanol–water partition coefficient (Wildman–Crippen LogP) is 3.81. The third-order valence-corrected chi connectivity index (χ3v) is 3.72. The highest BCUT2D eigenvalue weighted by Gasteiger charge is 2.21. The van der Waals surface area contributed by atoms with Crippen LogP contribution in [0.1, 0.15) is 12.0 Å². The molecular weight excluding hydrogens is 252 g/mol. The van der Waals surface area contributed by atoms with Gasteiger partial charge in [0.2, 0.25) is 0 Å². The van der Waals surface area contributed by atoms with E-state index in [1.54, 1.807) is 0 Å². The molecule has 1 aromatic rings. The monoisotopic (exact) mass is 263 g/mol. The molecular formula is C11H12Cl3N. The first-order chi connectivity index (χ1) is 7.16. The van der Waals surface area contributed by atoms with E-state index in [4.69, 9.17) is 34.8 Å². The van der Waals surface area contributed by atoms with Crippen LogP contribution >= 0.6 is 34.8 Å². The van der Waals surface area contributed by atoms with Gasteiger partial charge in [0.25, 0.3) is 0 Å². The maximum Gasteiger partial charge on any atom is 0.0475 e. The van der Waals surface area contributed by atoms with Crippen LogP contribution in [-0.4, -0.2) is 23.4 Å². The standard InChI is InChI=1S/C11H12Cl3N/c12-8-4-5-15(6-8)7-9-10(13)2-1-3-11(9)14/h1-3,8H,4-7H2. The zero-order valence-corrected chi connectivity index (χ0v) is 10.5. The van der Waals surface area contributed by atoms with E-state index in [1.165, 1.54) is 0 Å². The van der Waals surface area contributed by atoms with E-state index in [2.05, 4.69) is 4.90 Å². The Morgan fingerprint density at radius 3 is 2.47 bits per heavy atom. The Morgan fingerprint density at radius 1 is 1.27 bits per heavy atom. The van der Waals surface area contributed by atoms with Crippen molar-refractivity contribution in [2.45, 2.75) is 18.3 Å². The Balaban J connectivity index is 2.10. The van der Waals surface area contributed by atoms with Crippen LogP contribution in [0.3, 0.4) is 0 Å². The Morgan fingerprint density at radius 2 is 1.93 bits per heavy atom. The molecule has 1 fully saturated rings. The van der Waals surface area contributed by atoms with E-state index < -0.39 is 0 Å². The maximum absolute atomic E-state index is 6.10. The number of hydrogen-bond acceptors (Lipinski definition) is 1. The molecule has 0 radical (unpaired) electrons. The van der Waals surface area contributed by atoms with Gasteiger partial charge >= 0.3 is 0 Å². The molecule has 1 nitrogen and oxygen atoms in total. The molecule has 2 rings (SSSR count). The summed E-state index contributed by atoms with van der Waals surface area (Å²) in [6.45, 7) is 2.74. The van der Waals surface area contributed by atoms with E-state index in [9.17, 15) is 0 Å². The molecule has 0 aromatic heterocycles. The maximum atomic E-state index is 6.10. The van der Waals surface area contributed by atoms with Gasteiger partial charge in [0.1, 0.15) is 0 Å². The van der Waals surface area contributed by atoms with Gasteiger partial charge in [-0.25, -0.2) is 0 Å². The first-order valence-electron chi connectivity index (χ1n) is 4.96. The van der Waals surface area contributed by atoms with Crippen LogP contribution in [0, 0.1) is 0 Å². The molecule has 1 saturated heterocycles. The van der Waals surface area contributed by atoms with Gasteiger partial charge in [0.15, 0.2) is 0 Å². The number of halogens is 3. The molecule has 1 unspecified atom stereocenters. The van der Waals surface area contributed by atoms with Gasteiger partial charge in [0.05, 0.1) is 0 Å². The molecule has 4 heteroatoms. The van der Waals surface area contributed by atoms with Crippen LogP contribution < -0.4 is 0 Å². The Labute approximate surface area is 105 Å². The molecule has 0 bridgehead atoms. The van der Waals surface area contributed by atoms with E-state index >= 15 is 0 Å². The van der Waals surface area contributed by atoms with Crippen LogP contribution in [0.15, 0.2) is 18.2 Å². The summed E-state index contributed by atoms with van der Waals surface area (Å²) in [6, 6.07) is 5.61. The van der Waals surface area contributed by atoms with Crippen LogP contribution in [0.4, 0.5) is 0 Å². The second kappa shape index (κ2) is 4.92. The van der Waals surface area contributed by atoms with Crippen molar-refractivity contribution in [1.29, 1.82) is 0 Å². The highest BCUT2D eigenvalue weighted by Crippen LogP contribution is 2.27. The average molecular weight is 265 g/mol. The average Bonchev–Trinajstić information content (AvgIpc) is 2.58. The fraction of sp³-hybridized carbons (Fsp3) is 0.455. The smallest absolute Gasteiger partial charge is 0.0475 e. The molecule has 1 atom stereocenters. The quantitative estimate of drug-likeness (QED) is 0.734. The van der Waals surface area contributed by atoms with Crippen molar-refractivity contribution in [1.82, 2.24) is 4.90 Å². The first-order valence-corrected chi connectivity index (χ1v) is 6.15. The Hall–Kier alpha value is 0.0500. The molecule has 0 amide bonds. The number of alkyl halides is 1. The van der Waals surface area contributed by atoms with E-state index in [-0.39, 0.29) is 5.38 Å². The van der Waals surface area contributed by atoms with Crippen molar-refractivity contribution in [2.75, 3.05) is 13.1 Å². The van der Waals surface area contributed by atoms with E-state index in [1.807, 2.05) is 18.2 Å². The van der Waals surface area contributed by atoms with Crippen LogP contribution in [0.5, 0.6) is 0 Å². The largest absolute Gasteiger partial charge is 0.297 e. The SMILES string of the molecule is Clc1cccc(Cl)c1CN1CCC(Cl)C1. The first kappa shape index (κ1) is 11.5. The van der Waals surface area contributed by atoms with Gasteiger partial charge in [-0.05, 0) is 25.1 Å². The lowest BCUT2D eigenvalue weighted by Crippen LogP contribution is -2.20. The van der Waals surface area contributed by atoms with Gasteiger partial charge in [-0.3, -0.25) is 4.90 Å². The highest BCUT2D eigenvalue weighted by molar-refractivity contribution is 6.35. The lowest BCUT2D eigenvalue weighted by molar-refractivity contribution is 0.332. The number of hydrogen-bond donors (Lipinski definition) is 0. The van der Waals surface area contributed by atoms with E-state index in [0.29, 0.717) is 0 Å². The molecule has 82 valence electrons. The number of nitrogens with zero attached hydrogens (tertiary/aromatic N) is 1. The third-order valence-electron chi connectivity index (χ3n) is 2.66. The topological polar surface area (TPSA) is 3.24 Å². The summed E-state index contributed by atoms with van der Waals surface area (Å²) in [6.07, 6.45) is 1.05. The second-order valence-corrected chi connectivity index (χ2v) is 5.25. The number of benzene rings is 1. The van der Waals surface area contributed by atoms with Gasteiger partial charge in [-0.1, -0.05) is 29.3 Å². The molecule has 0 spiro atoms. The normalized spacial score (nSPS) is 22.2. The van der Waals surface area contributed by atoms with Crippen molar-refractivity contribution in [3.63, 3.8) is 0 Å². The van der Waals surface area contributed by atoms with Crippen molar-refractivity contribution in [3.8, 4) is 0 Å². The summed E-state index contributed by atoms with van der Waals surface area (Å²) < 4.78 is 0. The predicted molar refractivity (Wildman–Crippen MR) is 66.0 cm³/mol. The van der Waals surface area contributed by atoms with Crippen LogP contribution in [0.25, 0.3) is 0 Å². The van der Waals surface area contributed by atoms with Crippen LogP contribution in [-0.2, 0) is 6.54 Å². The summed E-state index contributed by atoms with van der Waals surface area (Å²) in [5.41, 5.74) is 1.01. The minimum absolute atomic E-state index is 0.270. The van der Waals surface area contributed by atoms with Crippen LogP contribution in [0.2, 0.25) is 10.0 Å². The van der Waals surface area contributed by atoms with Crippen molar-refractivity contribution < 1.29 is 0 Å². The van der Waals surface area contributed by atoms with Crippen molar-refractivity contribution in [3.05, 3.63) is 33.8 Å². The molecule has 0 N–H and O–H groups in total. The minimum Gasteiger partial charge on any atom is -0.297 e. The second-order valence-electron chi connectivity index (χ2n) is 3.82. The van der Waals surface area contributed by atoms with Gasteiger partial charge in [-0.2, -0.15) is 0 Å². The third kappa shape index (κ3) is 2.79. The zero-order chi connectivity index (χ0) is 10.8. The van der Waals surface area contributed by atoms with Gasteiger partial charge in [-0.15, -0.1) is 11.6 Å². The molecule has 15 heavy (non-hydrogen) atoms.